The van der Waals surface area contributed by atoms with Crippen LogP contribution in [0.5, 0.6) is 0 Å². The van der Waals surface area contributed by atoms with Gasteiger partial charge in [-0.15, -0.1) is 0 Å². The summed E-state index contributed by atoms with van der Waals surface area (Å²) < 4.78 is 20.0. The number of urea groups is 1. The van der Waals surface area contributed by atoms with Gasteiger partial charge in [0.1, 0.15) is 12.2 Å². The molecule has 1 saturated heterocycles. The molecule has 13 nitrogen and oxygen atoms in total. The number of hydrogen-bond donors (Lipinski definition) is 3. The van der Waals surface area contributed by atoms with E-state index < -0.39 is 23.8 Å². The molecular weight excluding hydrogens is 414 g/mol. The van der Waals surface area contributed by atoms with E-state index in [-0.39, 0.29) is 25.7 Å². The minimum atomic E-state index is -0.754. The molecule has 1 fully saturated rings. The first-order valence-corrected chi connectivity index (χ1v) is 9.91. The first-order chi connectivity index (χ1) is 14.6. The van der Waals surface area contributed by atoms with E-state index in [9.17, 15) is 19.2 Å². The van der Waals surface area contributed by atoms with Gasteiger partial charge in [0.15, 0.2) is 0 Å². The molecule has 13 heteroatoms. The van der Waals surface area contributed by atoms with Crippen LogP contribution in [0, 0.1) is 0 Å². The quantitative estimate of drug-likeness (QED) is 0.338. The molecule has 0 saturated carbocycles. The molecule has 1 aliphatic heterocycles. The van der Waals surface area contributed by atoms with Crippen molar-refractivity contribution in [3.63, 3.8) is 0 Å². The number of hydrazine groups is 1. The highest BCUT2D eigenvalue weighted by Gasteiger charge is 2.25. The first-order valence-electron chi connectivity index (χ1n) is 9.91. The molecular formula is C18H33N5O8. The maximum atomic E-state index is 12.2. The normalized spacial score (nSPS) is 13.9. The van der Waals surface area contributed by atoms with Gasteiger partial charge < -0.3 is 34.1 Å². The van der Waals surface area contributed by atoms with Crippen LogP contribution in [-0.4, -0.2) is 106 Å². The number of carbonyl (C=O) groups excluding carboxylic acids is 4. The molecule has 0 aromatic rings. The number of ether oxygens (including phenoxy) is 4. The van der Waals surface area contributed by atoms with E-state index in [1.807, 2.05) is 0 Å². The van der Waals surface area contributed by atoms with Crippen molar-refractivity contribution in [2.45, 2.75) is 26.4 Å². The fourth-order valence-electron chi connectivity index (χ4n) is 2.41. The summed E-state index contributed by atoms with van der Waals surface area (Å²) in [6.07, 6.45) is -1.28. The summed E-state index contributed by atoms with van der Waals surface area (Å²) in [5.74, 6) is -0.181. The van der Waals surface area contributed by atoms with Gasteiger partial charge in [-0.2, -0.15) is 0 Å². The molecule has 0 unspecified atom stereocenters. The molecule has 0 spiro atoms. The minimum absolute atomic E-state index is 0.0871. The average molecular weight is 447 g/mol. The summed E-state index contributed by atoms with van der Waals surface area (Å²) in [4.78, 5) is 49.7. The second-order valence-corrected chi connectivity index (χ2v) is 7.51. The number of amides is 5. The molecule has 0 atom stereocenters. The molecule has 0 aromatic heterocycles. The number of carbonyl (C=O) groups is 4. The van der Waals surface area contributed by atoms with Crippen LogP contribution in [0.4, 0.5) is 14.4 Å². The fourth-order valence-corrected chi connectivity index (χ4v) is 2.41. The van der Waals surface area contributed by atoms with E-state index in [1.165, 1.54) is 12.0 Å². The highest BCUT2D eigenvalue weighted by atomic mass is 16.6. The molecule has 1 rings (SSSR count). The lowest BCUT2D eigenvalue weighted by Gasteiger charge is -2.34. The van der Waals surface area contributed by atoms with Gasteiger partial charge in [0.25, 0.3) is 0 Å². The van der Waals surface area contributed by atoms with E-state index in [2.05, 4.69) is 20.9 Å². The number of nitrogens with one attached hydrogen (secondary N) is 3. The van der Waals surface area contributed by atoms with Crippen LogP contribution in [0.1, 0.15) is 20.8 Å². The third-order valence-electron chi connectivity index (χ3n) is 3.89. The summed E-state index contributed by atoms with van der Waals surface area (Å²) in [6.45, 7) is 7.57. The minimum Gasteiger partial charge on any atom is -0.453 e. The van der Waals surface area contributed by atoms with Gasteiger partial charge in [0.2, 0.25) is 5.91 Å². The second-order valence-electron chi connectivity index (χ2n) is 7.51. The van der Waals surface area contributed by atoms with Gasteiger partial charge >= 0.3 is 18.2 Å². The van der Waals surface area contributed by atoms with Crippen LogP contribution in [0.3, 0.4) is 0 Å². The van der Waals surface area contributed by atoms with Gasteiger partial charge in [-0.1, -0.05) is 0 Å². The molecule has 5 amide bonds. The SMILES string of the molecule is COC(=O)NCCOCCOCC(=O)N1CCN(C(=O)NNC(=O)OC(C)(C)C)CC1. The smallest absolute Gasteiger partial charge is 0.426 e. The van der Waals surface area contributed by atoms with Gasteiger partial charge in [0.05, 0.1) is 26.9 Å². The molecule has 1 heterocycles. The zero-order valence-electron chi connectivity index (χ0n) is 18.5. The van der Waals surface area contributed by atoms with Crippen molar-refractivity contribution < 1.29 is 38.1 Å². The molecule has 0 bridgehead atoms. The summed E-state index contributed by atoms with van der Waals surface area (Å²) >= 11 is 0. The summed E-state index contributed by atoms with van der Waals surface area (Å²) in [7, 11) is 1.28. The third kappa shape index (κ3) is 11.8. The van der Waals surface area contributed by atoms with Crippen molar-refractivity contribution >= 4 is 24.1 Å². The van der Waals surface area contributed by atoms with E-state index in [4.69, 9.17) is 14.2 Å². The average Bonchev–Trinajstić information content (AvgIpc) is 2.72. The highest BCUT2D eigenvalue weighted by Crippen LogP contribution is 2.06. The number of nitrogens with zero attached hydrogens (tertiary/aromatic N) is 2. The van der Waals surface area contributed by atoms with E-state index in [0.717, 1.165) is 0 Å². The monoisotopic (exact) mass is 447 g/mol. The lowest BCUT2D eigenvalue weighted by atomic mass is 10.2. The Morgan fingerprint density at radius 2 is 1.45 bits per heavy atom. The number of methoxy groups -OCH3 is 1. The van der Waals surface area contributed by atoms with E-state index in [1.54, 1.807) is 25.7 Å². The maximum Gasteiger partial charge on any atom is 0.426 e. The molecule has 31 heavy (non-hydrogen) atoms. The fraction of sp³-hybridized carbons (Fsp3) is 0.778. The van der Waals surface area contributed by atoms with E-state index in [0.29, 0.717) is 39.3 Å². The van der Waals surface area contributed by atoms with Crippen LogP contribution in [0.15, 0.2) is 0 Å². The number of piperazine rings is 1. The Bertz CT molecular complexity index is 602. The van der Waals surface area contributed by atoms with Crippen molar-refractivity contribution in [3.8, 4) is 0 Å². The zero-order chi connectivity index (χ0) is 23.3. The third-order valence-corrected chi connectivity index (χ3v) is 3.89. The van der Waals surface area contributed by atoms with Crippen LogP contribution < -0.4 is 16.2 Å². The summed E-state index contributed by atoms with van der Waals surface area (Å²) in [5.41, 5.74) is 3.80. The Balaban J connectivity index is 2.12. The van der Waals surface area contributed by atoms with Crippen molar-refractivity contribution in [2.75, 3.05) is 66.3 Å². The lowest BCUT2D eigenvalue weighted by Crippen LogP contribution is -2.56. The molecule has 0 radical (unpaired) electrons. The van der Waals surface area contributed by atoms with E-state index >= 15 is 0 Å². The Hall–Kier alpha value is -2.80. The van der Waals surface area contributed by atoms with Crippen LogP contribution in [0.25, 0.3) is 0 Å². The number of hydrogen-bond acceptors (Lipinski definition) is 8. The topological polar surface area (TPSA) is 148 Å². The van der Waals surface area contributed by atoms with Crippen molar-refractivity contribution in [1.29, 1.82) is 0 Å². The highest BCUT2D eigenvalue weighted by molar-refractivity contribution is 5.79. The van der Waals surface area contributed by atoms with Crippen LogP contribution in [-0.2, 0) is 23.7 Å². The van der Waals surface area contributed by atoms with Crippen LogP contribution >= 0.6 is 0 Å². The second kappa shape index (κ2) is 13.5. The lowest BCUT2D eigenvalue weighted by molar-refractivity contribution is -0.138. The number of rotatable bonds is 8. The molecule has 3 N–H and O–H groups in total. The Morgan fingerprint density at radius 3 is 2.06 bits per heavy atom. The summed E-state index contributed by atoms with van der Waals surface area (Å²) in [5, 5.41) is 2.47. The summed E-state index contributed by atoms with van der Waals surface area (Å²) in [6, 6.07) is -0.479. The first kappa shape index (κ1) is 26.2. The van der Waals surface area contributed by atoms with Crippen molar-refractivity contribution in [3.05, 3.63) is 0 Å². The Morgan fingerprint density at radius 1 is 0.839 bits per heavy atom. The van der Waals surface area contributed by atoms with Gasteiger partial charge in [0, 0.05) is 32.7 Å². The Kier molecular flexibility index (Phi) is 11.4. The van der Waals surface area contributed by atoms with Crippen molar-refractivity contribution in [2.24, 2.45) is 0 Å². The molecule has 0 aromatic carbocycles. The van der Waals surface area contributed by atoms with Gasteiger partial charge in [-0.3, -0.25) is 4.79 Å². The predicted molar refractivity (Wildman–Crippen MR) is 108 cm³/mol. The van der Waals surface area contributed by atoms with Crippen LogP contribution in [0.2, 0.25) is 0 Å². The van der Waals surface area contributed by atoms with Gasteiger partial charge in [-0.25, -0.2) is 25.2 Å². The van der Waals surface area contributed by atoms with Crippen molar-refractivity contribution in [1.82, 2.24) is 26.0 Å². The maximum absolute atomic E-state index is 12.2. The van der Waals surface area contributed by atoms with Gasteiger partial charge in [-0.05, 0) is 20.8 Å². The number of alkyl carbamates (subject to hydrolysis) is 1. The molecule has 0 aliphatic carbocycles. The zero-order valence-corrected chi connectivity index (χ0v) is 18.5. The largest absolute Gasteiger partial charge is 0.453 e. The molecule has 178 valence electrons. The Labute approximate surface area is 181 Å². The predicted octanol–water partition coefficient (Wildman–Crippen LogP) is -0.331. The molecule has 1 aliphatic rings. The standard InChI is InChI=1S/C18H33N5O8/c1-18(2,3)31-17(27)21-20-15(25)23-8-6-22(7-9-23)14(24)13-30-12-11-29-10-5-19-16(26)28-4/h5-13H2,1-4H3,(H,19,26)(H,20,25)(H,21,27).